The standard InChI is InChI=1S/C11H15N3O3/c12-9-3-10(5-11(4-9)14(15)16)13-6-8-1-2-17-7-8/h3-5,8,13H,1-2,6-7,12H2. The van der Waals surface area contributed by atoms with Gasteiger partial charge in [-0.2, -0.15) is 0 Å². The molecule has 0 spiro atoms. The van der Waals surface area contributed by atoms with Crippen molar-refractivity contribution in [2.45, 2.75) is 6.42 Å². The summed E-state index contributed by atoms with van der Waals surface area (Å²) in [5.41, 5.74) is 6.70. The quantitative estimate of drug-likeness (QED) is 0.472. The molecule has 3 N–H and O–H groups in total. The molecule has 0 amide bonds. The van der Waals surface area contributed by atoms with E-state index in [1.807, 2.05) is 0 Å². The highest BCUT2D eigenvalue weighted by atomic mass is 16.6. The Morgan fingerprint density at radius 2 is 2.35 bits per heavy atom. The van der Waals surface area contributed by atoms with Gasteiger partial charge in [-0.3, -0.25) is 10.1 Å². The number of benzene rings is 1. The molecule has 0 radical (unpaired) electrons. The highest BCUT2D eigenvalue weighted by Crippen LogP contribution is 2.23. The Bertz CT molecular complexity index is 416. The number of ether oxygens (including phenoxy) is 1. The second-order valence-electron chi connectivity index (χ2n) is 4.18. The number of nitrogens with two attached hydrogens (primary N) is 1. The van der Waals surface area contributed by atoms with E-state index in [0.717, 1.165) is 26.2 Å². The van der Waals surface area contributed by atoms with Crippen LogP contribution in [0, 0.1) is 16.0 Å². The van der Waals surface area contributed by atoms with E-state index in [1.54, 1.807) is 6.07 Å². The van der Waals surface area contributed by atoms with Crippen LogP contribution >= 0.6 is 0 Å². The van der Waals surface area contributed by atoms with Crippen molar-refractivity contribution in [2.24, 2.45) is 5.92 Å². The highest BCUT2D eigenvalue weighted by molar-refractivity contribution is 5.61. The lowest BCUT2D eigenvalue weighted by Crippen LogP contribution is -2.14. The Morgan fingerprint density at radius 3 is 3.00 bits per heavy atom. The fraction of sp³-hybridized carbons (Fsp3) is 0.455. The molecule has 17 heavy (non-hydrogen) atoms. The van der Waals surface area contributed by atoms with E-state index in [1.165, 1.54) is 12.1 Å². The van der Waals surface area contributed by atoms with Crippen LogP contribution in [0.5, 0.6) is 0 Å². The SMILES string of the molecule is Nc1cc(NCC2CCOC2)cc([N+](=O)[O-])c1. The average Bonchev–Trinajstić information content (AvgIpc) is 2.78. The first-order valence-electron chi connectivity index (χ1n) is 5.52. The molecule has 6 nitrogen and oxygen atoms in total. The smallest absolute Gasteiger partial charge is 0.273 e. The summed E-state index contributed by atoms with van der Waals surface area (Å²) in [6, 6.07) is 4.54. The number of non-ortho nitro benzene ring substituents is 1. The van der Waals surface area contributed by atoms with Crippen LogP contribution < -0.4 is 11.1 Å². The lowest BCUT2D eigenvalue weighted by atomic mass is 10.1. The third kappa shape index (κ3) is 3.07. The molecule has 0 saturated carbocycles. The summed E-state index contributed by atoms with van der Waals surface area (Å²) in [6.07, 6.45) is 1.03. The Morgan fingerprint density at radius 1 is 1.53 bits per heavy atom. The number of rotatable bonds is 4. The third-order valence-corrected chi connectivity index (χ3v) is 2.77. The van der Waals surface area contributed by atoms with Gasteiger partial charge in [0.05, 0.1) is 11.5 Å². The molecular weight excluding hydrogens is 222 g/mol. The molecule has 1 fully saturated rings. The number of hydrogen-bond acceptors (Lipinski definition) is 5. The second-order valence-corrected chi connectivity index (χ2v) is 4.18. The lowest BCUT2D eigenvalue weighted by Gasteiger charge is -2.11. The Labute approximate surface area is 98.9 Å². The molecule has 0 bridgehead atoms. The van der Waals surface area contributed by atoms with Gasteiger partial charge in [-0.15, -0.1) is 0 Å². The minimum atomic E-state index is -0.444. The van der Waals surface area contributed by atoms with Crippen LogP contribution in [-0.4, -0.2) is 24.7 Å². The molecular formula is C11H15N3O3. The summed E-state index contributed by atoms with van der Waals surface area (Å²) in [5, 5.41) is 13.8. The molecule has 1 aromatic carbocycles. The highest BCUT2D eigenvalue weighted by Gasteiger charge is 2.15. The zero-order valence-electron chi connectivity index (χ0n) is 9.39. The van der Waals surface area contributed by atoms with Crippen LogP contribution in [0.25, 0.3) is 0 Å². The predicted molar refractivity (Wildman–Crippen MR) is 64.9 cm³/mol. The number of nitrogens with zero attached hydrogens (tertiary/aromatic N) is 1. The molecule has 92 valence electrons. The van der Waals surface area contributed by atoms with Crippen LogP contribution in [0.4, 0.5) is 17.1 Å². The molecule has 1 aromatic rings. The normalized spacial score (nSPS) is 19.2. The van der Waals surface area contributed by atoms with Crippen molar-refractivity contribution in [1.29, 1.82) is 0 Å². The molecule has 1 aliphatic rings. The number of anilines is 2. The van der Waals surface area contributed by atoms with Crippen LogP contribution in [0.15, 0.2) is 18.2 Å². The van der Waals surface area contributed by atoms with Crippen LogP contribution in [-0.2, 0) is 4.74 Å². The van der Waals surface area contributed by atoms with Crippen molar-refractivity contribution in [2.75, 3.05) is 30.8 Å². The summed E-state index contributed by atoms with van der Waals surface area (Å²) in [4.78, 5) is 10.2. The predicted octanol–water partition coefficient (Wildman–Crippen LogP) is 1.63. The molecule has 1 unspecified atom stereocenters. The number of nitro groups is 1. The topological polar surface area (TPSA) is 90.4 Å². The minimum Gasteiger partial charge on any atom is -0.398 e. The van der Waals surface area contributed by atoms with Crippen molar-refractivity contribution < 1.29 is 9.66 Å². The summed E-state index contributed by atoms with van der Waals surface area (Å²) in [5.74, 6) is 0.468. The van der Waals surface area contributed by atoms with Gasteiger partial charge >= 0.3 is 0 Å². The zero-order chi connectivity index (χ0) is 12.3. The van der Waals surface area contributed by atoms with E-state index < -0.39 is 4.92 Å². The van der Waals surface area contributed by atoms with E-state index in [-0.39, 0.29) is 5.69 Å². The first-order valence-corrected chi connectivity index (χ1v) is 5.52. The van der Waals surface area contributed by atoms with Gasteiger partial charge in [0.15, 0.2) is 0 Å². The van der Waals surface area contributed by atoms with Crippen LogP contribution in [0.2, 0.25) is 0 Å². The molecule has 1 aliphatic heterocycles. The van der Waals surface area contributed by atoms with E-state index in [4.69, 9.17) is 10.5 Å². The molecule has 1 heterocycles. The Hall–Kier alpha value is -1.82. The summed E-state index contributed by atoms with van der Waals surface area (Å²) in [6.45, 7) is 2.29. The van der Waals surface area contributed by atoms with Gasteiger partial charge in [0.2, 0.25) is 0 Å². The maximum Gasteiger partial charge on any atom is 0.273 e. The molecule has 0 aliphatic carbocycles. The van der Waals surface area contributed by atoms with E-state index in [0.29, 0.717) is 17.3 Å². The van der Waals surface area contributed by atoms with Gasteiger partial charge in [-0.25, -0.2) is 0 Å². The second kappa shape index (κ2) is 5.01. The number of nitrogen functional groups attached to an aromatic ring is 1. The lowest BCUT2D eigenvalue weighted by molar-refractivity contribution is -0.384. The average molecular weight is 237 g/mol. The third-order valence-electron chi connectivity index (χ3n) is 2.77. The van der Waals surface area contributed by atoms with Crippen molar-refractivity contribution in [3.63, 3.8) is 0 Å². The molecule has 1 atom stereocenters. The maximum atomic E-state index is 10.7. The summed E-state index contributed by atoms with van der Waals surface area (Å²) in [7, 11) is 0. The maximum absolute atomic E-state index is 10.7. The fourth-order valence-electron chi connectivity index (χ4n) is 1.85. The van der Waals surface area contributed by atoms with E-state index >= 15 is 0 Å². The van der Waals surface area contributed by atoms with Crippen molar-refractivity contribution in [1.82, 2.24) is 0 Å². The summed E-state index contributed by atoms with van der Waals surface area (Å²) < 4.78 is 5.26. The van der Waals surface area contributed by atoms with Crippen molar-refractivity contribution in [3.05, 3.63) is 28.3 Å². The van der Waals surface area contributed by atoms with Gasteiger partial charge in [-0.05, 0) is 12.5 Å². The van der Waals surface area contributed by atoms with Gasteiger partial charge in [-0.1, -0.05) is 0 Å². The molecule has 0 aromatic heterocycles. The van der Waals surface area contributed by atoms with Gasteiger partial charge in [0.25, 0.3) is 5.69 Å². The van der Waals surface area contributed by atoms with Gasteiger partial charge in [0, 0.05) is 42.6 Å². The van der Waals surface area contributed by atoms with Gasteiger partial charge in [0.1, 0.15) is 0 Å². The number of nitrogens with one attached hydrogen (secondary N) is 1. The van der Waals surface area contributed by atoms with Gasteiger partial charge < -0.3 is 15.8 Å². The van der Waals surface area contributed by atoms with Crippen LogP contribution in [0.1, 0.15) is 6.42 Å². The first kappa shape index (κ1) is 11.7. The van der Waals surface area contributed by atoms with E-state index in [2.05, 4.69) is 5.32 Å². The zero-order valence-corrected chi connectivity index (χ0v) is 9.39. The Kier molecular flexibility index (Phi) is 3.43. The van der Waals surface area contributed by atoms with E-state index in [9.17, 15) is 10.1 Å². The molecule has 1 saturated heterocycles. The fourth-order valence-corrected chi connectivity index (χ4v) is 1.85. The van der Waals surface area contributed by atoms with Crippen molar-refractivity contribution in [3.8, 4) is 0 Å². The minimum absolute atomic E-state index is 0.00942. The largest absolute Gasteiger partial charge is 0.398 e. The number of nitro benzene ring substituents is 1. The first-order chi connectivity index (χ1) is 8.15. The summed E-state index contributed by atoms with van der Waals surface area (Å²) >= 11 is 0. The Balaban J connectivity index is 2.01. The monoisotopic (exact) mass is 237 g/mol. The van der Waals surface area contributed by atoms with Crippen molar-refractivity contribution >= 4 is 17.1 Å². The number of hydrogen-bond donors (Lipinski definition) is 2. The molecule has 2 rings (SSSR count). The van der Waals surface area contributed by atoms with Crippen LogP contribution in [0.3, 0.4) is 0 Å². The molecule has 6 heteroatoms.